The zero-order chi connectivity index (χ0) is 16.8. The van der Waals surface area contributed by atoms with Gasteiger partial charge in [0.25, 0.3) is 0 Å². The number of aliphatic hydroxyl groups excluding tert-OH is 1. The molecule has 0 aliphatic rings. The molecular formula is C16H19N5O3. The van der Waals surface area contributed by atoms with Crippen LogP contribution in [0.5, 0.6) is 5.75 Å². The van der Waals surface area contributed by atoms with Crippen LogP contribution in [0.15, 0.2) is 36.8 Å². The Balaban J connectivity index is 1.75. The number of nitrogens with one attached hydrogen (secondary N) is 1. The summed E-state index contributed by atoms with van der Waals surface area (Å²) in [5, 5.41) is 17.3. The average molecular weight is 329 g/mol. The minimum atomic E-state index is 0.00801. The van der Waals surface area contributed by atoms with Crippen molar-refractivity contribution < 1.29 is 14.6 Å². The normalized spacial score (nSPS) is 10.9. The molecule has 0 aliphatic carbocycles. The van der Waals surface area contributed by atoms with E-state index in [9.17, 15) is 0 Å². The molecule has 0 saturated carbocycles. The van der Waals surface area contributed by atoms with Crippen molar-refractivity contribution in [3.8, 4) is 5.75 Å². The van der Waals surface area contributed by atoms with Gasteiger partial charge in [-0.15, -0.1) is 0 Å². The molecule has 2 heterocycles. The fraction of sp³-hybridized carbons (Fsp3) is 0.312. The summed E-state index contributed by atoms with van der Waals surface area (Å²) in [7, 11) is 1.64. The molecule has 8 heteroatoms. The minimum absolute atomic E-state index is 0.00801. The third kappa shape index (κ3) is 3.61. The Morgan fingerprint density at radius 1 is 1.17 bits per heavy atom. The second-order valence-electron chi connectivity index (χ2n) is 5.04. The predicted molar refractivity (Wildman–Crippen MR) is 89.5 cm³/mol. The summed E-state index contributed by atoms with van der Waals surface area (Å²) in [5.41, 5.74) is 1.56. The lowest BCUT2D eigenvalue weighted by atomic mass is 10.3. The molecule has 24 heavy (non-hydrogen) atoms. The summed E-state index contributed by atoms with van der Waals surface area (Å²) in [6, 6.07) is 7.58. The quantitative estimate of drug-likeness (QED) is 0.606. The lowest BCUT2D eigenvalue weighted by Crippen LogP contribution is -2.05. The summed E-state index contributed by atoms with van der Waals surface area (Å²) < 4.78 is 12.1. The highest BCUT2D eigenvalue weighted by Gasteiger charge is 2.09. The number of anilines is 2. The molecule has 1 aromatic carbocycles. The molecule has 8 nitrogen and oxygen atoms in total. The first-order valence-corrected chi connectivity index (χ1v) is 7.58. The smallest absolute Gasteiger partial charge is 0.163 e. The van der Waals surface area contributed by atoms with E-state index in [0.717, 1.165) is 16.8 Å². The van der Waals surface area contributed by atoms with E-state index in [2.05, 4.69) is 20.4 Å². The van der Waals surface area contributed by atoms with E-state index >= 15 is 0 Å². The van der Waals surface area contributed by atoms with Crippen LogP contribution >= 0.6 is 0 Å². The van der Waals surface area contributed by atoms with Gasteiger partial charge < -0.3 is 19.9 Å². The number of benzene rings is 1. The van der Waals surface area contributed by atoms with Crippen LogP contribution in [0.1, 0.15) is 0 Å². The Morgan fingerprint density at radius 2 is 2.00 bits per heavy atom. The van der Waals surface area contributed by atoms with Gasteiger partial charge in [-0.05, 0) is 24.3 Å². The van der Waals surface area contributed by atoms with Crippen LogP contribution in [-0.2, 0) is 11.3 Å². The van der Waals surface area contributed by atoms with Crippen LogP contribution in [0.4, 0.5) is 11.5 Å². The van der Waals surface area contributed by atoms with Crippen molar-refractivity contribution in [1.29, 1.82) is 0 Å². The Bertz CT molecular complexity index is 788. The molecule has 3 rings (SSSR count). The lowest BCUT2D eigenvalue weighted by molar-refractivity contribution is 0.146. The van der Waals surface area contributed by atoms with Gasteiger partial charge in [0.2, 0.25) is 0 Å². The number of methoxy groups -OCH3 is 1. The van der Waals surface area contributed by atoms with Gasteiger partial charge in [0, 0.05) is 12.8 Å². The number of aromatic nitrogens is 4. The first kappa shape index (κ1) is 16.2. The topological polar surface area (TPSA) is 94.3 Å². The van der Waals surface area contributed by atoms with Crippen LogP contribution in [-0.4, -0.2) is 51.8 Å². The van der Waals surface area contributed by atoms with Gasteiger partial charge in [0.05, 0.1) is 31.3 Å². The molecule has 2 N–H and O–H groups in total. The monoisotopic (exact) mass is 329 g/mol. The van der Waals surface area contributed by atoms with E-state index < -0.39 is 0 Å². The van der Waals surface area contributed by atoms with Crippen LogP contribution < -0.4 is 10.1 Å². The van der Waals surface area contributed by atoms with E-state index in [4.69, 9.17) is 14.6 Å². The average Bonchev–Trinajstić information content (AvgIpc) is 3.01. The maximum Gasteiger partial charge on any atom is 0.163 e. The van der Waals surface area contributed by atoms with Crippen LogP contribution in [0.3, 0.4) is 0 Å². The van der Waals surface area contributed by atoms with E-state index in [1.807, 2.05) is 24.3 Å². The Labute approximate surface area is 139 Å². The van der Waals surface area contributed by atoms with Crippen LogP contribution in [0.2, 0.25) is 0 Å². The van der Waals surface area contributed by atoms with Crippen molar-refractivity contribution in [2.75, 3.05) is 32.2 Å². The highest BCUT2D eigenvalue weighted by molar-refractivity contribution is 5.88. The molecule has 2 aromatic heterocycles. The second-order valence-corrected chi connectivity index (χ2v) is 5.04. The standard InChI is InChI=1S/C16H19N5O3/c1-23-8-9-24-13-4-2-12(3-5-13)20-15-14-10-19-21(6-7-22)16(14)18-11-17-15/h2-5,10-11,22H,6-9H2,1H3,(H,17,18,20). The van der Waals surface area contributed by atoms with Crippen molar-refractivity contribution in [3.63, 3.8) is 0 Å². The van der Waals surface area contributed by atoms with Crippen molar-refractivity contribution in [1.82, 2.24) is 19.7 Å². The summed E-state index contributed by atoms with van der Waals surface area (Å²) in [6.07, 6.45) is 3.16. The summed E-state index contributed by atoms with van der Waals surface area (Å²) in [5.74, 6) is 1.44. The molecular weight excluding hydrogens is 310 g/mol. The summed E-state index contributed by atoms with van der Waals surface area (Å²) in [6.45, 7) is 1.47. The molecule has 0 radical (unpaired) electrons. The van der Waals surface area contributed by atoms with Crippen molar-refractivity contribution in [2.45, 2.75) is 6.54 Å². The largest absolute Gasteiger partial charge is 0.491 e. The van der Waals surface area contributed by atoms with Crippen molar-refractivity contribution in [3.05, 3.63) is 36.8 Å². The van der Waals surface area contributed by atoms with E-state index in [1.54, 1.807) is 18.0 Å². The number of hydrogen-bond donors (Lipinski definition) is 2. The van der Waals surface area contributed by atoms with Gasteiger partial charge in [-0.1, -0.05) is 0 Å². The molecule has 3 aromatic rings. The molecule has 0 amide bonds. The maximum absolute atomic E-state index is 9.07. The highest BCUT2D eigenvalue weighted by atomic mass is 16.5. The molecule has 126 valence electrons. The predicted octanol–water partition coefficient (Wildman–Crippen LogP) is 1.59. The third-order valence-electron chi connectivity index (χ3n) is 3.42. The SMILES string of the molecule is COCCOc1ccc(Nc2ncnc3c2cnn3CCO)cc1. The van der Waals surface area contributed by atoms with E-state index in [1.165, 1.54) is 6.33 Å². The molecule has 0 saturated heterocycles. The fourth-order valence-corrected chi connectivity index (χ4v) is 2.26. The Morgan fingerprint density at radius 3 is 2.75 bits per heavy atom. The number of fused-ring (bicyclic) bond motifs is 1. The van der Waals surface area contributed by atoms with Gasteiger partial charge >= 0.3 is 0 Å². The fourth-order valence-electron chi connectivity index (χ4n) is 2.26. The van der Waals surface area contributed by atoms with E-state index in [0.29, 0.717) is 31.2 Å². The third-order valence-corrected chi connectivity index (χ3v) is 3.42. The molecule has 0 spiro atoms. The zero-order valence-electron chi connectivity index (χ0n) is 13.3. The number of ether oxygens (including phenoxy) is 2. The number of nitrogens with zero attached hydrogens (tertiary/aromatic N) is 4. The van der Waals surface area contributed by atoms with Gasteiger partial charge in [-0.25, -0.2) is 14.6 Å². The van der Waals surface area contributed by atoms with Gasteiger partial charge in [-0.2, -0.15) is 5.10 Å². The summed E-state index contributed by atoms with van der Waals surface area (Å²) in [4.78, 5) is 8.50. The Kier molecular flexibility index (Phi) is 5.19. The maximum atomic E-state index is 9.07. The zero-order valence-corrected chi connectivity index (χ0v) is 13.3. The molecule has 0 bridgehead atoms. The number of rotatable bonds is 8. The number of hydrogen-bond acceptors (Lipinski definition) is 7. The van der Waals surface area contributed by atoms with Crippen LogP contribution in [0, 0.1) is 0 Å². The second kappa shape index (κ2) is 7.71. The summed E-state index contributed by atoms with van der Waals surface area (Å²) >= 11 is 0. The molecule has 0 fully saturated rings. The van der Waals surface area contributed by atoms with Crippen molar-refractivity contribution in [2.24, 2.45) is 0 Å². The molecule has 0 atom stereocenters. The molecule has 0 aliphatic heterocycles. The van der Waals surface area contributed by atoms with Gasteiger partial charge in [0.15, 0.2) is 5.65 Å². The minimum Gasteiger partial charge on any atom is -0.491 e. The van der Waals surface area contributed by atoms with Gasteiger partial charge in [0.1, 0.15) is 24.5 Å². The molecule has 0 unspecified atom stereocenters. The lowest BCUT2D eigenvalue weighted by Gasteiger charge is -2.09. The van der Waals surface area contributed by atoms with Gasteiger partial charge in [-0.3, -0.25) is 0 Å². The highest BCUT2D eigenvalue weighted by Crippen LogP contribution is 2.24. The van der Waals surface area contributed by atoms with Crippen LogP contribution in [0.25, 0.3) is 11.0 Å². The first-order valence-electron chi connectivity index (χ1n) is 7.58. The Hall–Kier alpha value is -2.71. The first-order chi connectivity index (χ1) is 11.8. The van der Waals surface area contributed by atoms with Crippen molar-refractivity contribution >= 4 is 22.5 Å². The van der Waals surface area contributed by atoms with E-state index in [-0.39, 0.29) is 6.61 Å². The number of aliphatic hydroxyl groups is 1.